The average molecular weight is 269 g/mol. The Labute approximate surface area is 94.8 Å². The highest BCUT2D eigenvalue weighted by molar-refractivity contribution is 9.10. The molecule has 0 aliphatic carbocycles. The summed E-state index contributed by atoms with van der Waals surface area (Å²) in [6.45, 7) is 0. The predicted molar refractivity (Wildman–Crippen MR) is 60.5 cm³/mol. The smallest absolute Gasteiger partial charge is 0.197 e. The lowest BCUT2D eigenvalue weighted by molar-refractivity contribution is 0.414. The maximum atomic E-state index is 5.52. The Hall–Kier alpha value is -1.56. The zero-order valence-electron chi connectivity index (χ0n) is 7.99. The molecule has 2 heterocycles. The molecule has 15 heavy (non-hydrogen) atoms. The Morgan fingerprint density at radius 3 is 2.80 bits per heavy atom. The second kappa shape index (κ2) is 3.90. The van der Waals surface area contributed by atoms with Crippen molar-refractivity contribution in [3.05, 3.63) is 23.1 Å². The van der Waals surface area contributed by atoms with Crippen LogP contribution in [-0.4, -0.2) is 22.1 Å². The van der Waals surface area contributed by atoms with Crippen molar-refractivity contribution < 1.29 is 4.74 Å². The molecule has 6 heteroatoms. The van der Waals surface area contributed by atoms with Crippen LogP contribution in [0.25, 0.3) is 11.3 Å². The molecule has 3 N–H and O–H groups in total. The Balaban J connectivity index is 2.60. The molecule has 0 aromatic carbocycles. The molecule has 0 saturated heterocycles. The third kappa shape index (κ3) is 1.80. The minimum absolute atomic E-state index is 0.371. The number of hydrogen-bond acceptors (Lipinski definition) is 4. The Morgan fingerprint density at radius 2 is 2.20 bits per heavy atom. The Bertz CT molecular complexity index is 483. The number of methoxy groups -OCH3 is 1. The molecule has 0 saturated carbocycles. The number of rotatable bonds is 2. The van der Waals surface area contributed by atoms with Gasteiger partial charge in [-0.15, -0.1) is 0 Å². The van der Waals surface area contributed by atoms with Crippen LogP contribution in [0.1, 0.15) is 0 Å². The summed E-state index contributed by atoms with van der Waals surface area (Å²) in [5.41, 5.74) is 7.17. The van der Waals surface area contributed by atoms with Gasteiger partial charge >= 0.3 is 0 Å². The number of halogens is 1. The van der Waals surface area contributed by atoms with Gasteiger partial charge in [-0.25, -0.2) is 4.98 Å². The molecular weight excluding hydrogens is 260 g/mol. The minimum Gasteiger partial charge on any atom is -0.494 e. The lowest BCUT2D eigenvalue weighted by Crippen LogP contribution is -1.91. The van der Waals surface area contributed by atoms with E-state index in [2.05, 4.69) is 30.9 Å². The third-order valence-electron chi connectivity index (χ3n) is 1.95. The van der Waals surface area contributed by atoms with Gasteiger partial charge in [0.25, 0.3) is 0 Å². The highest BCUT2D eigenvalue weighted by Crippen LogP contribution is 2.34. The van der Waals surface area contributed by atoms with Crippen molar-refractivity contribution >= 4 is 21.9 Å². The first-order valence-electron chi connectivity index (χ1n) is 4.20. The number of hydrogen-bond donors (Lipinski definition) is 2. The molecule has 0 radical (unpaired) electrons. The molecule has 0 aliphatic heterocycles. The first-order valence-corrected chi connectivity index (χ1v) is 5.00. The van der Waals surface area contributed by atoms with E-state index in [1.807, 2.05) is 0 Å². The number of aromatic amines is 1. The van der Waals surface area contributed by atoms with Crippen molar-refractivity contribution in [1.29, 1.82) is 0 Å². The fraction of sp³-hybridized carbons (Fsp3) is 0.111. The van der Waals surface area contributed by atoms with E-state index >= 15 is 0 Å². The molecule has 2 rings (SSSR count). The van der Waals surface area contributed by atoms with Crippen LogP contribution in [0.5, 0.6) is 5.75 Å². The fourth-order valence-corrected chi connectivity index (χ4v) is 1.82. The monoisotopic (exact) mass is 268 g/mol. The van der Waals surface area contributed by atoms with E-state index in [1.54, 1.807) is 25.7 Å². The number of nitrogen functional groups attached to an aromatic ring is 1. The molecule has 0 aliphatic rings. The van der Waals surface area contributed by atoms with E-state index in [1.165, 1.54) is 0 Å². The van der Waals surface area contributed by atoms with E-state index in [-0.39, 0.29) is 0 Å². The number of nitrogens with two attached hydrogens (primary N) is 1. The average Bonchev–Trinajstić information content (AvgIpc) is 2.64. The van der Waals surface area contributed by atoms with Gasteiger partial charge in [0.1, 0.15) is 5.75 Å². The van der Waals surface area contributed by atoms with E-state index in [4.69, 9.17) is 10.5 Å². The van der Waals surface area contributed by atoms with Gasteiger partial charge in [-0.1, -0.05) is 0 Å². The first kappa shape index (κ1) is 9.97. The van der Waals surface area contributed by atoms with Crippen LogP contribution in [0.4, 0.5) is 5.95 Å². The highest BCUT2D eigenvalue weighted by Gasteiger charge is 2.12. The standard InChI is InChI=1S/C9H9BrN4O/c1-15-7-4-12-2-5(10)8(7)6-3-13-9(11)14-6/h2-4H,1H3,(H3,11,13,14). The van der Waals surface area contributed by atoms with Crippen molar-refractivity contribution in [2.24, 2.45) is 0 Å². The van der Waals surface area contributed by atoms with Gasteiger partial charge < -0.3 is 15.5 Å². The molecule has 0 unspecified atom stereocenters. The van der Waals surface area contributed by atoms with Gasteiger partial charge in [0, 0.05) is 10.7 Å². The lowest BCUT2D eigenvalue weighted by atomic mass is 10.2. The summed E-state index contributed by atoms with van der Waals surface area (Å²) >= 11 is 3.40. The van der Waals surface area contributed by atoms with Crippen LogP contribution in [0, 0.1) is 0 Å². The number of nitrogens with one attached hydrogen (secondary N) is 1. The molecule has 2 aromatic heterocycles. The molecule has 2 aromatic rings. The SMILES string of the molecule is COc1cncc(Br)c1-c1cnc(N)[nH]1. The van der Waals surface area contributed by atoms with Gasteiger partial charge in [-0.2, -0.15) is 0 Å². The number of anilines is 1. The fourth-order valence-electron chi connectivity index (χ4n) is 1.30. The normalized spacial score (nSPS) is 10.3. The van der Waals surface area contributed by atoms with E-state index in [9.17, 15) is 0 Å². The molecule has 0 amide bonds. The molecule has 0 bridgehead atoms. The van der Waals surface area contributed by atoms with Crippen molar-refractivity contribution in [1.82, 2.24) is 15.0 Å². The number of H-pyrrole nitrogens is 1. The summed E-state index contributed by atoms with van der Waals surface area (Å²) < 4.78 is 6.03. The van der Waals surface area contributed by atoms with Crippen LogP contribution in [0.2, 0.25) is 0 Å². The largest absolute Gasteiger partial charge is 0.494 e. The van der Waals surface area contributed by atoms with Crippen molar-refractivity contribution in [3.63, 3.8) is 0 Å². The summed E-state index contributed by atoms with van der Waals surface area (Å²) in [4.78, 5) is 10.9. The van der Waals surface area contributed by atoms with E-state index < -0.39 is 0 Å². The molecule has 0 atom stereocenters. The first-order chi connectivity index (χ1) is 7.22. The summed E-state index contributed by atoms with van der Waals surface area (Å²) in [6, 6.07) is 0. The van der Waals surface area contributed by atoms with Gasteiger partial charge in [-0.3, -0.25) is 4.98 Å². The van der Waals surface area contributed by atoms with Crippen LogP contribution in [-0.2, 0) is 0 Å². The van der Waals surface area contributed by atoms with Crippen LogP contribution < -0.4 is 10.5 Å². The summed E-state index contributed by atoms with van der Waals surface area (Å²) in [5, 5.41) is 0. The van der Waals surface area contributed by atoms with Crippen molar-refractivity contribution in [2.45, 2.75) is 0 Å². The van der Waals surface area contributed by atoms with Crippen molar-refractivity contribution in [3.8, 4) is 17.0 Å². The number of imidazole rings is 1. The molecular formula is C9H9BrN4O. The number of nitrogens with zero attached hydrogens (tertiary/aromatic N) is 2. The summed E-state index contributed by atoms with van der Waals surface area (Å²) in [7, 11) is 1.59. The van der Waals surface area contributed by atoms with Crippen LogP contribution >= 0.6 is 15.9 Å². The maximum Gasteiger partial charge on any atom is 0.197 e. The second-order valence-electron chi connectivity index (χ2n) is 2.88. The third-order valence-corrected chi connectivity index (χ3v) is 2.55. The number of ether oxygens (including phenoxy) is 1. The zero-order valence-corrected chi connectivity index (χ0v) is 9.58. The van der Waals surface area contributed by atoms with Crippen LogP contribution in [0.15, 0.2) is 23.1 Å². The number of pyridine rings is 1. The summed E-state index contributed by atoms with van der Waals surface area (Å²) in [6.07, 6.45) is 4.98. The molecule has 5 nitrogen and oxygen atoms in total. The summed E-state index contributed by atoms with van der Waals surface area (Å²) in [5.74, 6) is 1.03. The van der Waals surface area contributed by atoms with Gasteiger partial charge in [-0.05, 0) is 15.9 Å². The lowest BCUT2D eigenvalue weighted by Gasteiger charge is -2.07. The second-order valence-corrected chi connectivity index (χ2v) is 3.74. The minimum atomic E-state index is 0.371. The Kier molecular flexibility index (Phi) is 2.59. The number of aromatic nitrogens is 3. The Morgan fingerprint density at radius 1 is 1.40 bits per heavy atom. The van der Waals surface area contributed by atoms with Gasteiger partial charge in [0.2, 0.25) is 0 Å². The highest BCUT2D eigenvalue weighted by atomic mass is 79.9. The quantitative estimate of drug-likeness (QED) is 0.871. The maximum absolute atomic E-state index is 5.52. The van der Waals surface area contributed by atoms with Crippen LogP contribution in [0.3, 0.4) is 0 Å². The topological polar surface area (TPSA) is 76.8 Å². The van der Waals surface area contributed by atoms with Gasteiger partial charge in [0.15, 0.2) is 5.95 Å². The molecule has 0 fully saturated rings. The zero-order chi connectivity index (χ0) is 10.8. The predicted octanol–water partition coefficient (Wildman–Crippen LogP) is 1.82. The van der Waals surface area contributed by atoms with E-state index in [0.29, 0.717) is 11.7 Å². The molecule has 78 valence electrons. The molecule has 0 spiro atoms. The van der Waals surface area contributed by atoms with Crippen molar-refractivity contribution in [2.75, 3.05) is 12.8 Å². The van der Waals surface area contributed by atoms with E-state index in [0.717, 1.165) is 15.7 Å². The van der Waals surface area contributed by atoms with Gasteiger partial charge in [0.05, 0.1) is 30.8 Å².